The summed E-state index contributed by atoms with van der Waals surface area (Å²) in [6, 6.07) is 8.16. The third-order valence-electron chi connectivity index (χ3n) is 5.11. The van der Waals surface area contributed by atoms with Gasteiger partial charge >= 0.3 is 0 Å². The van der Waals surface area contributed by atoms with Gasteiger partial charge in [-0.2, -0.15) is 0 Å². The SMILES string of the molecule is CCCC(C)(N)C(=O)NCC1(c2ccccc2OC)CCCC1. The van der Waals surface area contributed by atoms with E-state index in [0.717, 1.165) is 25.0 Å². The lowest BCUT2D eigenvalue weighted by Crippen LogP contribution is -2.54. The zero-order valence-corrected chi connectivity index (χ0v) is 14.7. The highest BCUT2D eigenvalue weighted by atomic mass is 16.5. The van der Waals surface area contributed by atoms with Crippen LogP contribution >= 0.6 is 0 Å². The number of hydrogen-bond acceptors (Lipinski definition) is 3. The standard InChI is InChI=1S/C19H30N2O2/c1-4-11-18(2,20)17(22)21-14-19(12-7-8-13-19)15-9-5-6-10-16(15)23-3/h5-6,9-10H,4,7-8,11-14,20H2,1-3H3,(H,21,22). The van der Waals surface area contributed by atoms with E-state index in [-0.39, 0.29) is 11.3 Å². The maximum Gasteiger partial charge on any atom is 0.239 e. The molecule has 1 aliphatic rings. The van der Waals surface area contributed by atoms with Crippen LogP contribution in [0.2, 0.25) is 0 Å². The number of ether oxygens (including phenoxy) is 1. The van der Waals surface area contributed by atoms with Crippen molar-refractivity contribution >= 4 is 5.91 Å². The quantitative estimate of drug-likeness (QED) is 0.812. The van der Waals surface area contributed by atoms with Crippen LogP contribution < -0.4 is 15.8 Å². The average Bonchev–Trinajstić information content (AvgIpc) is 3.02. The number of amides is 1. The summed E-state index contributed by atoms with van der Waals surface area (Å²) in [5.41, 5.74) is 6.53. The second-order valence-corrected chi connectivity index (χ2v) is 7.04. The number of carbonyl (C=O) groups excluding carboxylic acids is 1. The molecule has 0 radical (unpaired) electrons. The summed E-state index contributed by atoms with van der Waals surface area (Å²) in [7, 11) is 1.71. The minimum absolute atomic E-state index is 0.0371. The van der Waals surface area contributed by atoms with E-state index in [4.69, 9.17) is 10.5 Å². The van der Waals surface area contributed by atoms with Gasteiger partial charge in [0.25, 0.3) is 0 Å². The van der Waals surface area contributed by atoms with E-state index in [0.29, 0.717) is 13.0 Å². The number of methoxy groups -OCH3 is 1. The number of hydrogen-bond donors (Lipinski definition) is 2. The maximum absolute atomic E-state index is 12.5. The van der Waals surface area contributed by atoms with Crippen molar-refractivity contribution in [2.24, 2.45) is 5.73 Å². The molecule has 0 spiro atoms. The molecule has 1 saturated carbocycles. The van der Waals surface area contributed by atoms with Crippen LogP contribution in [0.5, 0.6) is 5.75 Å². The molecule has 4 nitrogen and oxygen atoms in total. The Kier molecular flexibility index (Phi) is 5.69. The van der Waals surface area contributed by atoms with Crippen molar-refractivity contribution in [2.75, 3.05) is 13.7 Å². The second-order valence-electron chi connectivity index (χ2n) is 7.04. The van der Waals surface area contributed by atoms with Crippen molar-refractivity contribution in [3.8, 4) is 5.75 Å². The van der Waals surface area contributed by atoms with Gasteiger partial charge in [0.2, 0.25) is 5.91 Å². The Morgan fingerprint density at radius 2 is 2.00 bits per heavy atom. The largest absolute Gasteiger partial charge is 0.496 e. The van der Waals surface area contributed by atoms with Gasteiger partial charge in [-0.15, -0.1) is 0 Å². The van der Waals surface area contributed by atoms with Crippen molar-refractivity contribution in [1.29, 1.82) is 0 Å². The zero-order valence-electron chi connectivity index (χ0n) is 14.7. The van der Waals surface area contributed by atoms with E-state index in [2.05, 4.69) is 11.4 Å². The topological polar surface area (TPSA) is 64.4 Å². The van der Waals surface area contributed by atoms with E-state index in [9.17, 15) is 4.79 Å². The molecule has 1 fully saturated rings. The Labute approximate surface area is 139 Å². The van der Waals surface area contributed by atoms with Gasteiger partial charge in [-0.1, -0.05) is 44.4 Å². The van der Waals surface area contributed by atoms with Crippen LogP contribution in [0.15, 0.2) is 24.3 Å². The van der Waals surface area contributed by atoms with Gasteiger partial charge in [0.1, 0.15) is 5.75 Å². The number of rotatable bonds is 7. The van der Waals surface area contributed by atoms with Gasteiger partial charge in [-0.3, -0.25) is 4.79 Å². The molecule has 2 rings (SSSR count). The van der Waals surface area contributed by atoms with Crippen LogP contribution in [-0.2, 0) is 10.2 Å². The molecule has 3 N–H and O–H groups in total. The zero-order chi connectivity index (χ0) is 16.9. The highest BCUT2D eigenvalue weighted by molar-refractivity contribution is 5.85. The molecule has 23 heavy (non-hydrogen) atoms. The number of nitrogens with two attached hydrogens (primary N) is 1. The lowest BCUT2D eigenvalue weighted by molar-refractivity contribution is -0.126. The number of carbonyl (C=O) groups is 1. The van der Waals surface area contributed by atoms with Gasteiger partial charge in [-0.25, -0.2) is 0 Å². The van der Waals surface area contributed by atoms with Crippen molar-refractivity contribution in [2.45, 2.75) is 63.3 Å². The molecule has 0 aliphatic heterocycles. The van der Waals surface area contributed by atoms with Crippen LogP contribution in [0, 0.1) is 0 Å². The molecular weight excluding hydrogens is 288 g/mol. The Morgan fingerprint density at radius 1 is 1.35 bits per heavy atom. The molecule has 1 aromatic rings. The smallest absolute Gasteiger partial charge is 0.239 e. The van der Waals surface area contributed by atoms with Crippen molar-refractivity contribution in [1.82, 2.24) is 5.32 Å². The molecule has 4 heteroatoms. The molecule has 1 aromatic carbocycles. The first-order valence-corrected chi connectivity index (χ1v) is 8.66. The van der Waals surface area contributed by atoms with Gasteiger partial charge < -0.3 is 15.8 Å². The first-order chi connectivity index (χ1) is 10.9. The van der Waals surface area contributed by atoms with Gasteiger partial charge in [0, 0.05) is 17.5 Å². The van der Waals surface area contributed by atoms with E-state index in [1.807, 2.05) is 32.0 Å². The van der Waals surface area contributed by atoms with Crippen LogP contribution in [0.3, 0.4) is 0 Å². The third-order valence-corrected chi connectivity index (χ3v) is 5.11. The summed E-state index contributed by atoms with van der Waals surface area (Å²) in [6.07, 6.45) is 6.11. The summed E-state index contributed by atoms with van der Waals surface area (Å²) >= 11 is 0. The van der Waals surface area contributed by atoms with Crippen LogP contribution in [0.4, 0.5) is 0 Å². The molecule has 1 unspecified atom stereocenters. The molecule has 0 bridgehead atoms. The van der Waals surface area contributed by atoms with E-state index < -0.39 is 5.54 Å². The molecule has 1 amide bonds. The van der Waals surface area contributed by atoms with E-state index in [1.54, 1.807) is 7.11 Å². The highest BCUT2D eigenvalue weighted by Crippen LogP contribution is 2.44. The first kappa shape index (κ1) is 17.8. The summed E-state index contributed by atoms with van der Waals surface area (Å²) < 4.78 is 5.56. The number of para-hydroxylation sites is 1. The predicted molar refractivity (Wildman–Crippen MR) is 93.7 cm³/mol. The normalized spacial score (nSPS) is 19.1. The fraction of sp³-hybridized carbons (Fsp3) is 0.632. The summed E-state index contributed by atoms with van der Waals surface area (Å²) in [6.45, 7) is 4.49. The van der Waals surface area contributed by atoms with E-state index >= 15 is 0 Å². The minimum Gasteiger partial charge on any atom is -0.496 e. The molecule has 128 valence electrons. The Hall–Kier alpha value is -1.55. The lowest BCUT2D eigenvalue weighted by atomic mass is 9.78. The monoisotopic (exact) mass is 318 g/mol. The second kappa shape index (κ2) is 7.35. The average molecular weight is 318 g/mol. The highest BCUT2D eigenvalue weighted by Gasteiger charge is 2.39. The predicted octanol–water partition coefficient (Wildman–Crippen LogP) is 3.14. The van der Waals surface area contributed by atoms with E-state index in [1.165, 1.54) is 18.4 Å². The molecule has 0 heterocycles. The summed E-state index contributed by atoms with van der Waals surface area (Å²) in [4.78, 5) is 12.5. The molecular formula is C19H30N2O2. The van der Waals surface area contributed by atoms with Crippen LogP contribution in [0.25, 0.3) is 0 Å². The minimum atomic E-state index is -0.796. The molecule has 0 saturated heterocycles. The number of benzene rings is 1. The molecule has 1 aliphatic carbocycles. The molecule has 0 aromatic heterocycles. The van der Waals surface area contributed by atoms with Crippen molar-refractivity contribution < 1.29 is 9.53 Å². The van der Waals surface area contributed by atoms with Gasteiger partial charge in [-0.05, 0) is 32.3 Å². The molecule has 1 atom stereocenters. The summed E-state index contributed by atoms with van der Waals surface area (Å²) in [5.74, 6) is 0.855. The lowest BCUT2D eigenvalue weighted by Gasteiger charge is -2.33. The third kappa shape index (κ3) is 3.86. The van der Waals surface area contributed by atoms with Gasteiger partial charge in [0.05, 0.1) is 12.6 Å². The van der Waals surface area contributed by atoms with Crippen molar-refractivity contribution in [3.05, 3.63) is 29.8 Å². The number of nitrogens with one attached hydrogen (secondary N) is 1. The fourth-order valence-corrected chi connectivity index (χ4v) is 3.76. The Bertz CT molecular complexity index is 534. The summed E-state index contributed by atoms with van der Waals surface area (Å²) in [5, 5.41) is 3.12. The first-order valence-electron chi connectivity index (χ1n) is 8.66. The Morgan fingerprint density at radius 3 is 2.61 bits per heavy atom. The maximum atomic E-state index is 12.5. The van der Waals surface area contributed by atoms with Gasteiger partial charge in [0.15, 0.2) is 0 Å². The fourth-order valence-electron chi connectivity index (χ4n) is 3.76. The van der Waals surface area contributed by atoms with Crippen LogP contribution in [0.1, 0.15) is 57.9 Å². The van der Waals surface area contributed by atoms with Crippen LogP contribution in [-0.4, -0.2) is 25.1 Å². The Balaban J connectivity index is 2.18. The van der Waals surface area contributed by atoms with Crippen molar-refractivity contribution in [3.63, 3.8) is 0 Å².